The van der Waals surface area contributed by atoms with E-state index in [2.05, 4.69) is 37.4 Å². The van der Waals surface area contributed by atoms with Crippen molar-refractivity contribution in [2.24, 2.45) is 15.2 Å². The molecule has 10 nitrogen and oxygen atoms in total. The molecular weight excluding hydrogens is 544 g/mol. The van der Waals surface area contributed by atoms with Crippen molar-refractivity contribution < 1.29 is 19.1 Å². The SMILES string of the molecule is CN1C(=O)[C@@H](NC(=O)C2=NC(Cc3ccccc3)N=N2)COc2ccc(C#CCCOc3ccc4cccnc4c3)cc21. The zero-order valence-electron chi connectivity index (χ0n) is 23.4. The smallest absolute Gasteiger partial charge is 0.291 e. The molecule has 2 atom stereocenters. The number of pyridine rings is 1. The molecule has 6 rings (SSSR count). The summed E-state index contributed by atoms with van der Waals surface area (Å²) in [6.45, 7) is 0.392. The second-order valence-corrected chi connectivity index (χ2v) is 10.0. The highest BCUT2D eigenvalue weighted by Crippen LogP contribution is 2.31. The maximum Gasteiger partial charge on any atom is 0.291 e. The molecule has 0 spiro atoms. The quantitative estimate of drug-likeness (QED) is 0.261. The number of likely N-dealkylation sites (N-methyl/N-ethyl adjacent to an activating group) is 1. The molecule has 3 heterocycles. The number of hydrogen-bond acceptors (Lipinski definition) is 8. The van der Waals surface area contributed by atoms with Gasteiger partial charge < -0.3 is 19.7 Å². The minimum Gasteiger partial charge on any atom is -0.493 e. The predicted molar refractivity (Wildman–Crippen MR) is 162 cm³/mol. The molecule has 2 aliphatic rings. The van der Waals surface area contributed by atoms with E-state index >= 15 is 0 Å². The number of aliphatic imine (C=N–C) groups is 1. The molecule has 4 aromatic rings. The van der Waals surface area contributed by atoms with Gasteiger partial charge in [-0.15, -0.1) is 5.11 Å². The first-order valence-corrected chi connectivity index (χ1v) is 13.9. The van der Waals surface area contributed by atoms with Gasteiger partial charge in [0.1, 0.15) is 24.1 Å². The Labute approximate surface area is 248 Å². The lowest BCUT2D eigenvalue weighted by Gasteiger charge is -2.20. The topological polar surface area (TPSA) is 118 Å². The molecule has 1 N–H and O–H groups in total. The minimum absolute atomic E-state index is 0.0353. The molecule has 0 fully saturated rings. The van der Waals surface area contributed by atoms with Crippen LogP contribution >= 0.6 is 0 Å². The normalized spacial score (nSPS) is 17.3. The predicted octanol–water partition coefficient (Wildman–Crippen LogP) is 4.33. The largest absolute Gasteiger partial charge is 0.493 e. The van der Waals surface area contributed by atoms with Crippen LogP contribution in [0, 0.1) is 11.8 Å². The molecular formula is C33H28N6O4. The Hall–Kier alpha value is -5.56. The monoisotopic (exact) mass is 572 g/mol. The summed E-state index contributed by atoms with van der Waals surface area (Å²) in [5, 5.41) is 11.8. The number of rotatable bonds is 7. The number of nitrogens with one attached hydrogen (secondary N) is 1. The molecule has 0 aliphatic carbocycles. The molecule has 2 aliphatic heterocycles. The fraction of sp³-hybridized carbons (Fsp3) is 0.212. The van der Waals surface area contributed by atoms with Crippen LogP contribution in [0.5, 0.6) is 11.5 Å². The Balaban J connectivity index is 1.04. The minimum atomic E-state index is -0.923. The van der Waals surface area contributed by atoms with E-state index in [0.717, 1.165) is 27.8 Å². The molecule has 1 aromatic heterocycles. The Morgan fingerprint density at radius 2 is 1.98 bits per heavy atom. The standard InChI is InChI=1S/C33H28N6O4/c1-39-28-18-23(10-5-6-17-42-25-14-13-24-11-7-16-34-26(24)20-25)12-15-29(28)43-21-27(33(39)41)35-32(40)31-36-30(37-38-31)19-22-8-3-2-4-9-22/h2-4,7-9,11-16,18,20,27,30H,6,17,19,21H2,1H3,(H,35,40)/t27-,30?/m0/s1. The Bertz CT molecular complexity index is 1790. The summed E-state index contributed by atoms with van der Waals surface area (Å²) in [5.41, 5.74) is 3.21. The third kappa shape index (κ3) is 6.52. The van der Waals surface area contributed by atoms with Crippen LogP contribution in [-0.4, -0.2) is 55.1 Å². The van der Waals surface area contributed by atoms with Crippen molar-refractivity contribution >= 4 is 34.2 Å². The van der Waals surface area contributed by atoms with Crippen molar-refractivity contribution in [1.29, 1.82) is 0 Å². The number of amides is 2. The molecule has 43 heavy (non-hydrogen) atoms. The van der Waals surface area contributed by atoms with E-state index in [1.54, 1.807) is 25.4 Å². The number of aromatic nitrogens is 1. The van der Waals surface area contributed by atoms with E-state index in [1.165, 1.54) is 4.90 Å². The van der Waals surface area contributed by atoms with Crippen molar-refractivity contribution in [3.63, 3.8) is 0 Å². The summed E-state index contributed by atoms with van der Waals surface area (Å²) in [6, 6.07) is 23.9. The van der Waals surface area contributed by atoms with Crippen LogP contribution in [0.15, 0.2) is 100 Å². The number of amidine groups is 1. The summed E-state index contributed by atoms with van der Waals surface area (Å²) in [6.07, 6.45) is 2.33. The maximum absolute atomic E-state index is 13.3. The van der Waals surface area contributed by atoms with Gasteiger partial charge in [-0.1, -0.05) is 48.2 Å². The van der Waals surface area contributed by atoms with Gasteiger partial charge >= 0.3 is 0 Å². The van der Waals surface area contributed by atoms with E-state index in [4.69, 9.17) is 9.47 Å². The summed E-state index contributed by atoms with van der Waals surface area (Å²) in [4.78, 5) is 36.3. The molecule has 214 valence electrons. The van der Waals surface area contributed by atoms with Gasteiger partial charge in [0.05, 0.1) is 17.8 Å². The van der Waals surface area contributed by atoms with Crippen molar-refractivity contribution in [2.75, 3.05) is 25.2 Å². The molecule has 3 aromatic carbocycles. The number of carbonyl (C=O) groups is 2. The molecule has 0 radical (unpaired) electrons. The van der Waals surface area contributed by atoms with E-state index < -0.39 is 18.1 Å². The van der Waals surface area contributed by atoms with E-state index in [0.29, 0.717) is 30.9 Å². The Morgan fingerprint density at radius 3 is 2.86 bits per heavy atom. The van der Waals surface area contributed by atoms with Gasteiger partial charge in [0.15, 0.2) is 6.17 Å². The van der Waals surface area contributed by atoms with E-state index in [1.807, 2.05) is 66.7 Å². The number of benzene rings is 3. The molecule has 0 saturated heterocycles. The zero-order valence-corrected chi connectivity index (χ0v) is 23.4. The molecule has 0 bridgehead atoms. The molecule has 1 unspecified atom stereocenters. The highest BCUT2D eigenvalue weighted by molar-refractivity contribution is 6.38. The molecule has 0 saturated carbocycles. The lowest BCUT2D eigenvalue weighted by atomic mass is 10.1. The average Bonchev–Trinajstić information content (AvgIpc) is 3.47. The van der Waals surface area contributed by atoms with Crippen LogP contribution in [-0.2, 0) is 16.0 Å². The lowest BCUT2D eigenvalue weighted by Crippen LogP contribution is -2.50. The van der Waals surface area contributed by atoms with E-state index in [9.17, 15) is 9.59 Å². The molecule has 10 heteroatoms. The van der Waals surface area contributed by atoms with Gasteiger partial charge in [-0.3, -0.25) is 14.6 Å². The zero-order chi connectivity index (χ0) is 29.6. The Kier molecular flexibility index (Phi) is 8.04. The van der Waals surface area contributed by atoms with Gasteiger partial charge in [-0.05, 0) is 42.0 Å². The second-order valence-electron chi connectivity index (χ2n) is 10.0. The van der Waals surface area contributed by atoms with Crippen LogP contribution in [0.1, 0.15) is 17.5 Å². The number of ether oxygens (including phenoxy) is 2. The highest BCUT2D eigenvalue weighted by Gasteiger charge is 2.32. The van der Waals surface area contributed by atoms with Gasteiger partial charge in [0, 0.05) is 43.1 Å². The second kappa shape index (κ2) is 12.5. The number of hydrogen-bond donors (Lipinski definition) is 1. The van der Waals surface area contributed by atoms with Crippen molar-refractivity contribution in [2.45, 2.75) is 25.0 Å². The van der Waals surface area contributed by atoms with Crippen molar-refractivity contribution in [3.05, 3.63) is 96.2 Å². The fourth-order valence-electron chi connectivity index (χ4n) is 4.75. The first kappa shape index (κ1) is 27.6. The fourth-order valence-corrected chi connectivity index (χ4v) is 4.75. The first-order chi connectivity index (χ1) is 21.0. The number of anilines is 1. The Morgan fingerprint density at radius 1 is 1.09 bits per heavy atom. The number of carbonyl (C=O) groups excluding carboxylic acids is 2. The maximum atomic E-state index is 13.3. The third-order valence-electron chi connectivity index (χ3n) is 6.99. The lowest BCUT2D eigenvalue weighted by molar-refractivity contribution is -0.124. The van der Waals surface area contributed by atoms with Gasteiger partial charge in [-0.2, -0.15) is 5.11 Å². The summed E-state index contributed by atoms with van der Waals surface area (Å²) >= 11 is 0. The van der Waals surface area contributed by atoms with Crippen LogP contribution < -0.4 is 19.7 Å². The van der Waals surface area contributed by atoms with Crippen LogP contribution in [0.3, 0.4) is 0 Å². The highest BCUT2D eigenvalue weighted by atomic mass is 16.5. The van der Waals surface area contributed by atoms with Crippen molar-refractivity contribution in [3.8, 4) is 23.3 Å². The number of nitrogens with zero attached hydrogens (tertiary/aromatic N) is 5. The van der Waals surface area contributed by atoms with E-state index in [-0.39, 0.29) is 18.3 Å². The molecule has 2 amide bonds. The van der Waals surface area contributed by atoms with Gasteiger partial charge in [0.2, 0.25) is 5.84 Å². The average molecular weight is 573 g/mol. The van der Waals surface area contributed by atoms with Crippen LogP contribution in [0.25, 0.3) is 10.9 Å². The summed E-state index contributed by atoms with van der Waals surface area (Å²) in [7, 11) is 1.64. The third-order valence-corrected chi connectivity index (χ3v) is 6.99. The van der Waals surface area contributed by atoms with Crippen LogP contribution in [0.4, 0.5) is 5.69 Å². The summed E-state index contributed by atoms with van der Waals surface area (Å²) < 4.78 is 11.7. The van der Waals surface area contributed by atoms with Crippen LogP contribution in [0.2, 0.25) is 0 Å². The number of fused-ring (bicyclic) bond motifs is 2. The summed E-state index contributed by atoms with van der Waals surface area (Å²) in [5.74, 6) is 6.55. The van der Waals surface area contributed by atoms with Gasteiger partial charge in [-0.25, -0.2) is 4.99 Å². The number of azo groups is 1. The first-order valence-electron chi connectivity index (χ1n) is 13.9. The van der Waals surface area contributed by atoms with Gasteiger partial charge in [0.25, 0.3) is 11.8 Å². The van der Waals surface area contributed by atoms with Crippen molar-refractivity contribution in [1.82, 2.24) is 10.3 Å².